The molecule has 2 aromatic heterocycles. The molecule has 0 fully saturated rings. The highest BCUT2D eigenvalue weighted by Gasteiger charge is 2.07. The van der Waals surface area contributed by atoms with Crippen LogP contribution in [0.3, 0.4) is 0 Å². The van der Waals surface area contributed by atoms with Gasteiger partial charge in [0, 0.05) is 42.2 Å². The molecule has 2 aromatic carbocycles. The Kier molecular flexibility index (Phi) is 6.20. The molecule has 0 radical (unpaired) electrons. The molecule has 0 aliphatic carbocycles. The normalized spacial score (nSPS) is 10.6. The lowest BCUT2D eigenvalue weighted by Crippen LogP contribution is -2.23. The zero-order valence-electron chi connectivity index (χ0n) is 16.0. The average Bonchev–Trinajstić information content (AvgIpc) is 3.27. The summed E-state index contributed by atoms with van der Waals surface area (Å²) >= 11 is 3.39. The van der Waals surface area contributed by atoms with Crippen LogP contribution in [0.25, 0.3) is 0 Å². The summed E-state index contributed by atoms with van der Waals surface area (Å²) in [6.45, 7) is 1.18. The van der Waals surface area contributed by atoms with Gasteiger partial charge < -0.3 is 14.6 Å². The zero-order valence-corrected chi connectivity index (χ0v) is 17.6. The van der Waals surface area contributed by atoms with Crippen LogP contribution < -0.4 is 10.1 Å². The van der Waals surface area contributed by atoms with Gasteiger partial charge in [-0.15, -0.1) is 0 Å². The standard InChI is InChI=1S/C23H19BrN4O2/c24-20-5-7-21(8-6-20)30-22-9-4-19(14-26-22)23(29)27-13-17-2-1-3-18(12-17)15-28-11-10-25-16-28/h1-12,14,16H,13,15H2,(H,27,29). The molecule has 1 N–H and O–H groups in total. The van der Waals surface area contributed by atoms with E-state index in [9.17, 15) is 4.79 Å². The number of aromatic nitrogens is 3. The number of ether oxygens (including phenoxy) is 1. The third-order valence-corrected chi connectivity index (χ3v) is 4.93. The number of nitrogens with one attached hydrogen (secondary N) is 1. The van der Waals surface area contributed by atoms with Crippen molar-refractivity contribution in [2.24, 2.45) is 0 Å². The molecule has 7 heteroatoms. The van der Waals surface area contributed by atoms with Gasteiger partial charge in [0.2, 0.25) is 5.88 Å². The summed E-state index contributed by atoms with van der Waals surface area (Å²) in [6.07, 6.45) is 6.98. The minimum atomic E-state index is -0.183. The van der Waals surface area contributed by atoms with E-state index in [1.54, 1.807) is 24.7 Å². The third kappa shape index (κ3) is 5.33. The number of halogens is 1. The molecule has 1 amide bonds. The maximum Gasteiger partial charge on any atom is 0.253 e. The second-order valence-electron chi connectivity index (χ2n) is 6.68. The van der Waals surface area contributed by atoms with Crippen LogP contribution in [0.1, 0.15) is 21.5 Å². The van der Waals surface area contributed by atoms with Crippen LogP contribution in [0.15, 0.2) is 90.1 Å². The first kappa shape index (κ1) is 19.8. The summed E-state index contributed by atoms with van der Waals surface area (Å²) in [7, 11) is 0. The highest BCUT2D eigenvalue weighted by molar-refractivity contribution is 9.10. The third-order valence-electron chi connectivity index (χ3n) is 4.40. The minimum absolute atomic E-state index is 0.183. The van der Waals surface area contributed by atoms with Crippen LogP contribution in [0, 0.1) is 0 Å². The van der Waals surface area contributed by atoms with Crippen molar-refractivity contribution in [1.29, 1.82) is 0 Å². The Morgan fingerprint density at radius 1 is 1.07 bits per heavy atom. The number of carbonyl (C=O) groups excluding carboxylic acids is 1. The molecule has 0 aliphatic heterocycles. The number of rotatable bonds is 7. The van der Waals surface area contributed by atoms with Crippen LogP contribution >= 0.6 is 15.9 Å². The number of nitrogens with zero attached hydrogens (tertiary/aromatic N) is 3. The fourth-order valence-electron chi connectivity index (χ4n) is 2.91. The van der Waals surface area contributed by atoms with E-state index in [0.717, 1.165) is 22.1 Å². The van der Waals surface area contributed by atoms with E-state index < -0.39 is 0 Å². The first-order valence-corrected chi connectivity index (χ1v) is 10.2. The van der Waals surface area contributed by atoms with E-state index in [0.29, 0.717) is 23.7 Å². The SMILES string of the molecule is O=C(NCc1cccc(Cn2ccnc2)c1)c1ccc(Oc2ccc(Br)cc2)nc1. The van der Waals surface area contributed by atoms with E-state index in [4.69, 9.17) is 4.74 Å². The molecule has 0 atom stereocenters. The monoisotopic (exact) mass is 462 g/mol. The smallest absolute Gasteiger partial charge is 0.253 e. The van der Waals surface area contributed by atoms with Gasteiger partial charge in [0.25, 0.3) is 5.91 Å². The molecule has 0 saturated carbocycles. The van der Waals surface area contributed by atoms with Gasteiger partial charge in [-0.1, -0.05) is 40.2 Å². The van der Waals surface area contributed by atoms with Crippen LogP contribution in [0.4, 0.5) is 0 Å². The lowest BCUT2D eigenvalue weighted by Gasteiger charge is -2.09. The minimum Gasteiger partial charge on any atom is -0.439 e. The number of benzene rings is 2. The van der Waals surface area contributed by atoms with Crippen LogP contribution in [0.5, 0.6) is 11.6 Å². The van der Waals surface area contributed by atoms with Gasteiger partial charge in [-0.05, 0) is 41.5 Å². The van der Waals surface area contributed by atoms with Gasteiger partial charge in [-0.2, -0.15) is 0 Å². The van der Waals surface area contributed by atoms with Gasteiger partial charge >= 0.3 is 0 Å². The largest absolute Gasteiger partial charge is 0.439 e. The van der Waals surface area contributed by atoms with Crippen molar-refractivity contribution in [3.8, 4) is 11.6 Å². The molecule has 0 aliphatic rings. The summed E-state index contributed by atoms with van der Waals surface area (Å²) < 4.78 is 8.66. The fourth-order valence-corrected chi connectivity index (χ4v) is 3.18. The van der Waals surface area contributed by atoms with Gasteiger partial charge in [0.15, 0.2) is 0 Å². The molecule has 0 spiro atoms. The van der Waals surface area contributed by atoms with Crippen molar-refractivity contribution in [2.45, 2.75) is 13.1 Å². The highest BCUT2D eigenvalue weighted by atomic mass is 79.9. The predicted octanol–water partition coefficient (Wildman–Crippen LogP) is 4.81. The zero-order chi connectivity index (χ0) is 20.8. The summed E-state index contributed by atoms with van der Waals surface area (Å²) in [4.78, 5) is 20.7. The first-order valence-electron chi connectivity index (χ1n) is 9.37. The Bertz CT molecular complexity index is 1110. The molecule has 0 unspecified atom stereocenters. The topological polar surface area (TPSA) is 69.0 Å². The molecule has 0 bridgehead atoms. The van der Waals surface area contributed by atoms with Gasteiger partial charge in [0.1, 0.15) is 5.75 Å². The second kappa shape index (κ2) is 9.37. The Hall–Kier alpha value is -3.45. The number of hydrogen-bond donors (Lipinski definition) is 1. The van der Waals surface area contributed by atoms with Crippen molar-refractivity contribution in [1.82, 2.24) is 19.9 Å². The van der Waals surface area contributed by atoms with E-state index >= 15 is 0 Å². The van der Waals surface area contributed by atoms with Crippen LogP contribution in [-0.4, -0.2) is 20.4 Å². The lowest BCUT2D eigenvalue weighted by molar-refractivity contribution is 0.0950. The second-order valence-corrected chi connectivity index (χ2v) is 7.59. The number of carbonyl (C=O) groups is 1. The molecular formula is C23H19BrN4O2. The first-order chi connectivity index (χ1) is 14.7. The maximum absolute atomic E-state index is 12.5. The summed E-state index contributed by atoms with van der Waals surface area (Å²) in [5.74, 6) is 0.928. The molecular weight excluding hydrogens is 444 g/mol. The molecule has 0 saturated heterocycles. The van der Waals surface area contributed by atoms with Crippen molar-refractivity contribution < 1.29 is 9.53 Å². The van der Waals surface area contributed by atoms with Crippen molar-refractivity contribution in [2.75, 3.05) is 0 Å². The van der Waals surface area contributed by atoms with Gasteiger partial charge in [-0.3, -0.25) is 4.79 Å². The molecule has 4 aromatic rings. The quantitative estimate of drug-likeness (QED) is 0.427. The Morgan fingerprint density at radius 2 is 1.90 bits per heavy atom. The Morgan fingerprint density at radius 3 is 2.63 bits per heavy atom. The molecule has 6 nitrogen and oxygen atoms in total. The number of hydrogen-bond acceptors (Lipinski definition) is 4. The lowest BCUT2D eigenvalue weighted by atomic mass is 10.1. The summed E-state index contributed by atoms with van der Waals surface area (Å²) in [6, 6.07) is 19.0. The van der Waals surface area contributed by atoms with Crippen molar-refractivity contribution in [3.05, 3.63) is 107 Å². The highest BCUT2D eigenvalue weighted by Crippen LogP contribution is 2.21. The molecule has 30 heavy (non-hydrogen) atoms. The number of imidazole rings is 1. The average molecular weight is 463 g/mol. The fraction of sp³-hybridized carbons (Fsp3) is 0.0870. The van der Waals surface area contributed by atoms with E-state index in [-0.39, 0.29) is 5.91 Å². The van der Waals surface area contributed by atoms with Crippen LogP contribution in [-0.2, 0) is 13.1 Å². The van der Waals surface area contributed by atoms with Crippen molar-refractivity contribution in [3.63, 3.8) is 0 Å². The maximum atomic E-state index is 12.5. The molecule has 4 rings (SSSR count). The van der Waals surface area contributed by atoms with Gasteiger partial charge in [-0.25, -0.2) is 9.97 Å². The summed E-state index contributed by atoms with van der Waals surface area (Å²) in [5.41, 5.74) is 2.66. The van der Waals surface area contributed by atoms with Crippen LogP contribution in [0.2, 0.25) is 0 Å². The predicted molar refractivity (Wildman–Crippen MR) is 117 cm³/mol. The molecule has 150 valence electrons. The number of amides is 1. The van der Waals surface area contributed by atoms with E-state index in [1.807, 2.05) is 47.2 Å². The summed E-state index contributed by atoms with van der Waals surface area (Å²) in [5, 5.41) is 2.93. The van der Waals surface area contributed by atoms with Crippen molar-refractivity contribution >= 4 is 21.8 Å². The Balaban J connectivity index is 1.33. The molecule has 2 heterocycles. The number of pyridine rings is 1. The Labute approximate surface area is 182 Å². The van der Waals surface area contributed by atoms with E-state index in [1.165, 1.54) is 6.20 Å². The van der Waals surface area contributed by atoms with Gasteiger partial charge in [0.05, 0.1) is 11.9 Å². The van der Waals surface area contributed by atoms with E-state index in [2.05, 4.69) is 43.3 Å².